The number of hydrogen-bond donors (Lipinski definition) is 1. The maximum absolute atomic E-state index is 6.41. The van der Waals surface area contributed by atoms with E-state index in [1.165, 1.54) is 19.3 Å². The van der Waals surface area contributed by atoms with Gasteiger partial charge in [0.1, 0.15) is 0 Å². The van der Waals surface area contributed by atoms with Gasteiger partial charge in [0.15, 0.2) is 5.82 Å². The van der Waals surface area contributed by atoms with Crippen LogP contribution in [0.25, 0.3) is 0 Å². The molecular weight excluding hydrogens is 258 g/mol. The van der Waals surface area contributed by atoms with Crippen LogP contribution >= 0.6 is 11.8 Å². The van der Waals surface area contributed by atoms with Crippen LogP contribution in [0, 0.1) is 5.92 Å². The van der Waals surface area contributed by atoms with Crippen molar-refractivity contribution >= 4 is 11.8 Å². The molecule has 2 N–H and O–H groups in total. The Labute approximate surface area is 119 Å². The minimum absolute atomic E-state index is 0.118. The topological polar surface area (TPSA) is 64.9 Å². The predicted octanol–water partition coefficient (Wildman–Crippen LogP) is 3.16. The van der Waals surface area contributed by atoms with Crippen molar-refractivity contribution < 1.29 is 4.52 Å². The highest BCUT2D eigenvalue weighted by atomic mass is 32.2. The number of rotatable bonds is 6. The van der Waals surface area contributed by atoms with Gasteiger partial charge in [0, 0.05) is 12.0 Å². The van der Waals surface area contributed by atoms with Crippen LogP contribution in [-0.4, -0.2) is 21.4 Å². The van der Waals surface area contributed by atoms with Gasteiger partial charge in [-0.1, -0.05) is 38.3 Å². The standard InChI is InChI=1S/C14H25N3OS/c1-11(2)9-19-10-12-16-13(18-17-12)8-14(15)6-4-3-5-7-14/h11H,3-10,15H2,1-2H3. The van der Waals surface area contributed by atoms with Gasteiger partial charge in [-0.15, -0.1) is 0 Å². The lowest BCUT2D eigenvalue weighted by Gasteiger charge is -2.31. The van der Waals surface area contributed by atoms with Gasteiger partial charge in [-0.3, -0.25) is 0 Å². The number of nitrogens with zero attached hydrogens (tertiary/aromatic N) is 2. The lowest BCUT2D eigenvalue weighted by atomic mass is 9.80. The molecule has 0 spiro atoms. The van der Waals surface area contributed by atoms with Gasteiger partial charge < -0.3 is 10.3 Å². The van der Waals surface area contributed by atoms with Crippen molar-refractivity contribution in [1.82, 2.24) is 10.1 Å². The Morgan fingerprint density at radius 3 is 2.74 bits per heavy atom. The fourth-order valence-electron chi connectivity index (χ4n) is 2.54. The normalized spacial score (nSPS) is 18.9. The van der Waals surface area contributed by atoms with Crippen LogP contribution in [0.1, 0.15) is 57.7 Å². The molecule has 1 aliphatic rings. The molecule has 0 aromatic carbocycles. The van der Waals surface area contributed by atoms with Crippen molar-refractivity contribution in [2.24, 2.45) is 11.7 Å². The lowest BCUT2D eigenvalue weighted by Crippen LogP contribution is -2.43. The van der Waals surface area contributed by atoms with Crippen molar-refractivity contribution in [3.63, 3.8) is 0 Å². The van der Waals surface area contributed by atoms with Crippen LogP contribution in [-0.2, 0) is 12.2 Å². The lowest BCUT2D eigenvalue weighted by molar-refractivity contribution is 0.260. The molecule has 5 heteroatoms. The molecule has 1 aromatic heterocycles. The molecular formula is C14H25N3OS. The zero-order valence-corrected chi connectivity index (χ0v) is 12.8. The van der Waals surface area contributed by atoms with E-state index in [1.54, 1.807) is 0 Å². The molecule has 1 aliphatic carbocycles. The highest BCUT2D eigenvalue weighted by Gasteiger charge is 2.29. The first-order valence-electron chi connectivity index (χ1n) is 7.25. The Hall–Kier alpha value is -0.550. The Balaban J connectivity index is 1.83. The Morgan fingerprint density at radius 2 is 2.05 bits per heavy atom. The van der Waals surface area contributed by atoms with E-state index < -0.39 is 0 Å². The average Bonchev–Trinajstić information content (AvgIpc) is 2.76. The maximum Gasteiger partial charge on any atom is 0.228 e. The number of thioether (sulfide) groups is 1. The molecule has 0 bridgehead atoms. The van der Waals surface area contributed by atoms with Crippen LogP contribution in [0.15, 0.2) is 4.52 Å². The van der Waals surface area contributed by atoms with Crippen LogP contribution in [0.4, 0.5) is 0 Å². The molecule has 0 saturated heterocycles. The zero-order valence-electron chi connectivity index (χ0n) is 12.0. The van der Waals surface area contributed by atoms with E-state index in [2.05, 4.69) is 24.0 Å². The molecule has 0 atom stereocenters. The fraction of sp³-hybridized carbons (Fsp3) is 0.857. The first-order valence-corrected chi connectivity index (χ1v) is 8.41. The van der Waals surface area contributed by atoms with Crippen LogP contribution in [0.3, 0.4) is 0 Å². The van der Waals surface area contributed by atoms with Gasteiger partial charge in [0.2, 0.25) is 5.89 Å². The van der Waals surface area contributed by atoms with Crippen molar-refractivity contribution in [2.45, 2.75) is 63.7 Å². The molecule has 108 valence electrons. The van der Waals surface area contributed by atoms with Crippen molar-refractivity contribution in [3.05, 3.63) is 11.7 Å². The number of hydrogen-bond acceptors (Lipinski definition) is 5. The summed E-state index contributed by atoms with van der Waals surface area (Å²) in [5.74, 6) is 4.18. The second-order valence-corrected chi connectivity index (χ2v) is 7.14. The molecule has 0 amide bonds. The monoisotopic (exact) mass is 283 g/mol. The predicted molar refractivity (Wildman–Crippen MR) is 79.0 cm³/mol. The quantitative estimate of drug-likeness (QED) is 0.868. The third-order valence-electron chi connectivity index (χ3n) is 3.55. The summed E-state index contributed by atoms with van der Waals surface area (Å²) in [5.41, 5.74) is 6.29. The molecule has 0 unspecified atom stereocenters. The van der Waals surface area contributed by atoms with E-state index in [-0.39, 0.29) is 5.54 Å². The van der Waals surface area contributed by atoms with Gasteiger partial charge in [0.25, 0.3) is 0 Å². The van der Waals surface area contributed by atoms with E-state index >= 15 is 0 Å². The molecule has 2 rings (SSSR count). The average molecular weight is 283 g/mol. The third-order valence-corrected chi connectivity index (χ3v) is 4.91. The van der Waals surface area contributed by atoms with Gasteiger partial charge in [-0.2, -0.15) is 16.7 Å². The molecule has 19 heavy (non-hydrogen) atoms. The zero-order chi connectivity index (χ0) is 13.7. The van der Waals surface area contributed by atoms with E-state index in [0.29, 0.717) is 11.8 Å². The summed E-state index contributed by atoms with van der Waals surface area (Å²) >= 11 is 1.86. The van der Waals surface area contributed by atoms with Gasteiger partial charge in [-0.25, -0.2) is 0 Å². The van der Waals surface area contributed by atoms with Crippen molar-refractivity contribution in [3.8, 4) is 0 Å². The van der Waals surface area contributed by atoms with Crippen LogP contribution < -0.4 is 5.73 Å². The first kappa shape index (κ1) is 14.9. The molecule has 1 saturated carbocycles. The molecule has 1 heterocycles. The summed E-state index contributed by atoms with van der Waals surface area (Å²) in [4.78, 5) is 4.47. The van der Waals surface area contributed by atoms with Crippen LogP contribution in [0.2, 0.25) is 0 Å². The maximum atomic E-state index is 6.41. The molecule has 0 aliphatic heterocycles. The second-order valence-electron chi connectivity index (χ2n) is 6.11. The fourth-order valence-corrected chi connectivity index (χ4v) is 3.43. The minimum Gasteiger partial charge on any atom is -0.339 e. The highest BCUT2D eigenvalue weighted by molar-refractivity contribution is 7.98. The Bertz CT molecular complexity index is 386. The van der Waals surface area contributed by atoms with Crippen molar-refractivity contribution in [2.75, 3.05) is 5.75 Å². The Kier molecular flexibility index (Phi) is 5.28. The highest BCUT2D eigenvalue weighted by Crippen LogP contribution is 2.28. The van der Waals surface area contributed by atoms with Gasteiger partial charge >= 0.3 is 0 Å². The summed E-state index contributed by atoms with van der Waals surface area (Å²) in [6.45, 7) is 4.44. The van der Waals surface area contributed by atoms with E-state index in [9.17, 15) is 0 Å². The third kappa shape index (κ3) is 4.80. The molecule has 1 fully saturated rings. The van der Waals surface area contributed by atoms with E-state index in [4.69, 9.17) is 10.3 Å². The van der Waals surface area contributed by atoms with Crippen LogP contribution in [0.5, 0.6) is 0 Å². The summed E-state index contributed by atoms with van der Waals surface area (Å²) in [6, 6.07) is 0. The first-order chi connectivity index (χ1) is 9.07. The SMILES string of the molecule is CC(C)CSCc1noc(CC2(N)CCCCC2)n1. The Morgan fingerprint density at radius 1 is 1.32 bits per heavy atom. The summed E-state index contributed by atoms with van der Waals surface area (Å²) in [5, 5.41) is 4.05. The molecule has 4 nitrogen and oxygen atoms in total. The summed E-state index contributed by atoms with van der Waals surface area (Å²) < 4.78 is 5.34. The van der Waals surface area contributed by atoms with Gasteiger partial charge in [-0.05, 0) is 24.5 Å². The van der Waals surface area contributed by atoms with Gasteiger partial charge in [0.05, 0.1) is 5.75 Å². The van der Waals surface area contributed by atoms with E-state index in [1.807, 2.05) is 11.8 Å². The summed E-state index contributed by atoms with van der Waals surface area (Å²) in [7, 11) is 0. The summed E-state index contributed by atoms with van der Waals surface area (Å²) in [6.07, 6.45) is 6.64. The molecule has 0 radical (unpaired) electrons. The van der Waals surface area contributed by atoms with Crippen molar-refractivity contribution in [1.29, 1.82) is 0 Å². The van der Waals surface area contributed by atoms with E-state index in [0.717, 1.165) is 36.6 Å². The second kappa shape index (κ2) is 6.75. The minimum atomic E-state index is -0.118. The number of aromatic nitrogens is 2. The largest absolute Gasteiger partial charge is 0.339 e. The molecule has 1 aromatic rings. The smallest absolute Gasteiger partial charge is 0.228 e. The number of nitrogens with two attached hydrogens (primary N) is 1.